The summed E-state index contributed by atoms with van der Waals surface area (Å²) in [7, 11) is 0. The van der Waals surface area contributed by atoms with Crippen molar-refractivity contribution in [3.8, 4) is 6.07 Å². The smallest absolute Gasteiger partial charge is 0.180 e. The molecule has 7 nitrogen and oxygen atoms in total. The van der Waals surface area contributed by atoms with Crippen LogP contribution in [-0.2, 0) is 16.8 Å². The van der Waals surface area contributed by atoms with E-state index in [4.69, 9.17) is 0 Å². The minimum atomic E-state index is -1.10. The number of likely N-dealkylation sites (tertiary alicyclic amines) is 1. The van der Waals surface area contributed by atoms with E-state index >= 15 is 0 Å². The van der Waals surface area contributed by atoms with Gasteiger partial charge in [-0.3, -0.25) is 9.48 Å². The maximum atomic E-state index is 12.5. The first-order valence-electron chi connectivity index (χ1n) is 9.03. The summed E-state index contributed by atoms with van der Waals surface area (Å²) in [5.41, 5.74) is 1.59. The molecule has 4 rings (SSSR count). The highest BCUT2D eigenvalue weighted by atomic mass is 16.3. The number of allylic oxidation sites excluding steroid dienone is 1. The van der Waals surface area contributed by atoms with Gasteiger partial charge < -0.3 is 10.0 Å². The summed E-state index contributed by atoms with van der Waals surface area (Å²) in [5, 5.41) is 24.3. The van der Waals surface area contributed by atoms with Gasteiger partial charge in [0.1, 0.15) is 17.2 Å². The van der Waals surface area contributed by atoms with Crippen LogP contribution in [0.5, 0.6) is 0 Å². The molecule has 0 radical (unpaired) electrons. The SMILES string of the molecule is CC(C)(O)c1ccc2c(n1)C(N1CC[C@@H](n3cccn3)C1)=C(C#N)C(=O)C2. The average molecular weight is 363 g/mol. The number of aliphatic hydroxyl groups is 1. The predicted molar refractivity (Wildman–Crippen MR) is 98.2 cm³/mol. The standard InChI is InChI=1S/C20H21N5O2/c1-20(2,27)17-5-4-13-10-16(26)15(11-21)19(18(13)23-17)24-9-6-14(12-24)25-8-3-7-22-25/h3-5,7-8,14,27H,6,9-10,12H2,1-2H3/t14-/m1/s1. The first-order chi connectivity index (χ1) is 12.9. The summed E-state index contributed by atoms with van der Waals surface area (Å²) in [5.74, 6) is -0.180. The van der Waals surface area contributed by atoms with Crippen molar-refractivity contribution in [1.29, 1.82) is 5.26 Å². The predicted octanol–water partition coefficient (Wildman–Crippen LogP) is 1.81. The minimum absolute atomic E-state index is 0.156. The van der Waals surface area contributed by atoms with Gasteiger partial charge >= 0.3 is 0 Å². The van der Waals surface area contributed by atoms with Gasteiger partial charge in [-0.1, -0.05) is 6.07 Å². The fraction of sp³-hybridized carbons (Fsp3) is 0.400. The number of aromatic nitrogens is 3. The third-order valence-electron chi connectivity index (χ3n) is 5.19. The van der Waals surface area contributed by atoms with E-state index in [-0.39, 0.29) is 23.8 Å². The van der Waals surface area contributed by atoms with Crippen LogP contribution in [0.4, 0.5) is 0 Å². The number of fused-ring (bicyclic) bond motifs is 1. The van der Waals surface area contributed by atoms with E-state index in [0.717, 1.165) is 12.0 Å². The van der Waals surface area contributed by atoms with Crippen LogP contribution >= 0.6 is 0 Å². The third kappa shape index (κ3) is 3.02. The second-order valence-electron chi connectivity index (χ2n) is 7.57. The molecule has 2 aliphatic rings. The monoisotopic (exact) mass is 363 g/mol. The second kappa shape index (κ2) is 6.32. The summed E-state index contributed by atoms with van der Waals surface area (Å²) in [6.07, 6.45) is 4.72. The summed E-state index contributed by atoms with van der Waals surface area (Å²) in [4.78, 5) is 19.3. The van der Waals surface area contributed by atoms with Crippen LogP contribution < -0.4 is 0 Å². The molecule has 0 bridgehead atoms. The Morgan fingerprint density at radius 2 is 2.19 bits per heavy atom. The fourth-order valence-corrected chi connectivity index (χ4v) is 3.77. The first-order valence-corrected chi connectivity index (χ1v) is 9.03. The Hall–Kier alpha value is -2.98. The summed E-state index contributed by atoms with van der Waals surface area (Å²) in [6, 6.07) is 7.75. The van der Waals surface area contributed by atoms with E-state index < -0.39 is 5.60 Å². The van der Waals surface area contributed by atoms with Gasteiger partial charge in [0.05, 0.1) is 23.1 Å². The van der Waals surface area contributed by atoms with Crippen LogP contribution in [0, 0.1) is 11.3 Å². The summed E-state index contributed by atoms with van der Waals surface area (Å²) < 4.78 is 1.92. The maximum Gasteiger partial charge on any atom is 0.180 e. The lowest BCUT2D eigenvalue weighted by molar-refractivity contribution is -0.114. The topological polar surface area (TPSA) is 95.0 Å². The molecule has 0 spiro atoms. The van der Waals surface area contributed by atoms with Gasteiger partial charge in [0, 0.05) is 31.9 Å². The van der Waals surface area contributed by atoms with E-state index in [0.29, 0.717) is 30.2 Å². The molecule has 3 heterocycles. The number of rotatable bonds is 3. The average Bonchev–Trinajstić information content (AvgIpc) is 3.30. The van der Waals surface area contributed by atoms with Crippen molar-refractivity contribution in [3.63, 3.8) is 0 Å². The molecule has 0 amide bonds. The molecular weight excluding hydrogens is 342 g/mol. The number of carbonyl (C=O) groups excluding carboxylic acids is 1. The normalized spacial score (nSPS) is 20.0. The molecule has 2 aromatic rings. The van der Waals surface area contributed by atoms with Gasteiger partial charge in [-0.15, -0.1) is 0 Å². The summed E-state index contributed by atoms with van der Waals surface area (Å²) in [6.45, 7) is 4.72. The van der Waals surface area contributed by atoms with Crippen LogP contribution in [0.15, 0.2) is 36.2 Å². The van der Waals surface area contributed by atoms with Crippen LogP contribution in [0.2, 0.25) is 0 Å². The Morgan fingerprint density at radius 3 is 2.85 bits per heavy atom. The molecule has 2 aromatic heterocycles. The number of carbonyl (C=O) groups is 1. The zero-order chi connectivity index (χ0) is 19.2. The van der Waals surface area contributed by atoms with Gasteiger partial charge in [0.25, 0.3) is 0 Å². The Labute approximate surface area is 157 Å². The molecule has 0 unspecified atom stereocenters. The molecule has 7 heteroatoms. The Morgan fingerprint density at radius 1 is 1.37 bits per heavy atom. The largest absolute Gasteiger partial charge is 0.384 e. The van der Waals surface area contributed by atoms with Crippen molar-refractivity contribution in [2.75, 3.05) is 13.1 Å². The molecule has 0 aromatic carbocycles. The van der Waals surface area contributed by atoms with Crippen molar-refractivity contribution in [2.45, 2.75) is 38.3 Å². The lowest BCUT2D eigenvalue weighted by Crippen LogP contribution is -2.29. The molecule has 27 heavy (non-hydrogen) atoms. The van der Waals surface area contributed by atoms with Crippen LogP contribution in [-0.4, -0.2) is 43.6 Å². The lowest BCUT2D eigenvalue weighted by atomic mass is 9.90. The lowest BCUT2D eigenvalue weighted by Gasteiger charge is -2.29. The number of hydrogen-bond acceptors (Lipinski definition) is 6. The van der Waals surface area contributed by atoms with Gasteiger partial charge in [-0.2, -0.15) is 10.4 Å². The fourth-order valence-electron chi connectivity index (χ4n) is 3.77. The number of hydrogen-bond donors (Lipinski definition) is 1. The van der Waals surface area contributed by atoms with Crippen LogP contribution in [0.25, 0.3) is 5.70 Å². The highest BCUT2D eigenvalue weighted by molar-refractivity contribution is 6.09. The molecule has 138 valence electrons. The van der Waals surface area contributed by atoms with Crippen molar-refractivity contribution in [1.82, 2.24) is 19.7 Å². The molecule has 1 fully saturated rings. The number of pyridine rings is 1. The van der Waals surface area contributed by atoms with Crippen molar-refractivity contribution >= 4 is 11.5 Å². The number of nitriles is 1. The zero-order valence-corrected chi connectivity index (χ0v) is 15.4. The van der Waals surface area contributed by atoms with Crippen molar-refractivity contribution in [3.05, 3.63) is 53.1 Å². The van der Waals surface area contributed by atoms with Gasteiger partial charge in [0.15, 0.2) is 5.78 Å². The third-order valence-corrected chi connectivity index (χ3v) is 5.19. The quantitative estimate of drug-likeness (QED) is 0.894. The number of nitrogens with zero attached hydrogens (tertiary/aromatic N) is 5. The van der Waals surface area contributed by atoms with Crippen LogP contribution in [0.3, 0.4) is 0 Å². The highest BCUT2D eigenvalue weighted by Gasteiger charge is 2.35. The molecule has 1 saturated heterocycles. The molecule has 1 aliphatic heterocycles. The molecular formula is C20H21N5O2. The van der Waals surface area contributed by atoms with E-state index in [1.807, 2.05) is 23.0 Å². The van der Waals surface area contributed by atoms with Gasteiger partial charge in [0.2, 0.25) is 0 Å². The highest BCUT2D eigenvalue weighted by Crippen LogP contribution is 2.36. The molecule has 1 N–H and O–H groups in total. The van der Waals surface area contributed by atoms with Gasteiger partial charge in [-0.05, 0) is 38.0 Å². The number of Topliss-reactive ketones (excluding diaryl/α,β-unsaturated/α-hetero) is 1. The molecule has 0 saturated carbocycles. The van der Waals surface area contributed by atoms with E-state index in [1.165, 1.54) is 0 Å². The van der Waals surface area contributed by atoms with E-state index in [2.05, 4.69) is 21.1 Å². The van der Waals surface area contributed by atoms with Gasteiger partial charge in [-0.25, -0.2) is 4.98 Å². The van der Waals surface area contributed by atoms with Crippen LogP contribution in [0.1, 0.15) is 43.3 Å². The summed E-state index contributed by atoms with van der Waals surface area (Å²) >= 11 is 0. The Kier molecular flexibility index (Phi) is 4.08. The maximum absolute atomic E-state index is 12.5. The van der Waals surface area contributed by atoms with Crippen molar-refractivity contribution in [2.24, 2.45) is 0 Å². The molecule has 1 aliphatic carbocycles. The Balaban J connectivity index is 1.78. The van der Waals surface area contributed by atoms with Crippen molar-refractivity contribution < 1.29 is 9.90 Å². The van der Waals surface area contributed by atoms with E-state index in [9.17, 15) is 15.2 Å². The molecule has 1 atom stereocenters. The second-order valence-corrected chi connectivity index (χ2v) is 7.57. The minimum Gasteiger partial charge on any atom is -0.384 e. The van der Waals surface area contributed by atoms with E-state index in [1.54, 1.807) is 26.1 Å². The Bertz CT molecular complexity index is 963. The zero-order valence-electron chi connectivity index (χ0n) is 15.4. The first kappa shape index (κ1) is 17.4. The number of ketones is 1.